The Morgan fingerprint density at radius 2 is 1.86 bits per heavy atom. The van der Waals surface area contributed by atoms with E-state index in [9.17, 15) is 13.6 Å². The Kier molecular flexibility index (Phi) is 3.59. The minimum atomic E-state index is -1.01. The van der Waals surface area contributed by atoms with Crippen LogP contribution < -0.4 is 0 Å². The maximum atomic E-state index is 13.2. The topological polar surface area (TPSA) is 22.0 Å². The number of aromatic nitrogens is 1. The minimum Gasteiger partial charge on any atom is -0.338 e. The molecule has 1 heterocycles. The van der Waals surface area contributed by atoms with Crippen molar-refractivity contribution in [1.82, 2.24) is 4.57 Å². The van der Waals surface area contributed by atoms with Gasteiger partial charge in [-0.15, -0.1) is 0 Å². The Balaban J connectivity index is 1.94. The molecule has 0 spiro atoms. The average Bonchev–Trinajstić information content (AvgIpc) is 2.79. The number of carbonyl (C=O) groups excluding carboxylic acids is 1. The van der Waals surface area contributed by atoms with Crippen molar-refractivity contribution in [2.45, 2.75) is 6.54 Å². The second kappa shape index (κ2) is 5.41. The number of rotatable bonds is 3. The van der Waals surface area contributed by atoms with E-state index in [1.165, 1.54) is 6.07 Å². The van der Waals surface area contributed by atoms with E-state index in [1.807, 2.05) is 30.5 Å². The van der Waals surface area contributed by atoms with E-state index in [-0.39, 0.29) is 17.9 Å². The van der Waals surface area contributed by atoms with Gasteiger partial charge in [-0.05, 0) is 40.2 Å². The van der Waals surface area contributed by atoms with Gasteiger partial charge in [-0.3, -0.25) is 4.79 Å². The Bertz CT molecular complexity index is 841. The van der Waals surface area contributed by atoms with Gasteiger partial charge in [0.15, 0.2) is 17.4 Å². The summed E-state index contributed by atoms with van der Waals surface area (Å²) in [5, 5.41) is 0.996. The lowest BCUT2D eigenvalue weighted by atomic mass is 10.1. The third kappa shape index (κ3) is 2.61. The van der Waals surface area contributed by atoms with Gasteiger partial charge in [-0.1, -0.05) is 18.2 Å². The summed E-state index contributed by atoms with van der Waals surface area (Å²) in [7, 11) is 0. The molecule has 5 heteroatoms. The van der Waals surface area contributed by atoms with Crippen molar-refractivity contribution in [3.63, 3.8) is 0 Å². The van der Waals surface area contributed by atoms with E-state index in [0.717, 1.165) is 27.5 Å². The number of para-hydroxylation sites is 1. The third-order valence-corrected chi connectivity index (χ3v) is 3.93. The van der Waals surface area contributed by atoms with Gasteiger partial charge in [0, 0.05) is 27.1 Å². The zero-order valence-corrected chi connectivity index (χ0v) is 12.4. The highest BCUT2D eigenvalue weighted by Crippen LogP contribution is 2.26. The summed E-state index contributed by atoms with van der Waals surface area (Å²) in [5.74, 6) is -2.25. The van der Waals surface area contributed by atoms with Crippen LogP contribution in [0, 0.1) is 11.6 Å². The Morgan fingerprint density at radius 3 is 2.62 bits per heavy atom. The van der Waals surface area contributed by atoms with E-state index in [2.05, 4.69) is 15.9 Å². The number of nitrogens with zero attached hydrogens (tertiary/aromatic N) is 1. The van der Waals surface area contributed by atoms with E-state index in [1.54, 1.807) is 4.57 Å². The largest absolute Gasteiger partial charge is 0.338 e. The normalized spacial score (nSPS) is 11.0. The van der Waals surface area contributed by atoms with Gasteiger partial charge in [0.1, 0.15) is 0 Å². The van der Waals surface area contributed by atoms with Crippen LogP contribution in [0.15, 0.2) is 53.1 Å². The lowest BCUT2D eigenvalue weighted by molar-refractivity contribution is 0.0973. The van der Waals surface area contributed by atoms with Crippen molar-refractivity contribution in [3.05, 3.63) is 70.3 Å². The van der Waals surface area contributed by atoms with Crippen LogP contribution in [-0.4, -0.2) is 10.4 Å². The molecule has 0 aliphatic rings. The van der Waals surface area contributed by atoms with Gasteiger partial charge in [0.25, 0.3) is 0 Å². The fraction of sp³-hybridized carbons (Fsp3) is 0.0625. The van der Waals surface area contributed by atoms with Crippen molar-refractivity contribution in [2.24, 2.45) is 0 Å². The number of Topliss-reactive ketones (excluding diaryl/α,β-unsaturated/α-hetero) is 1. The molecule has 0 radical (unpaired) electrons. The monoisotopic (exact) mass is 349 g/mol. The van der Waals surface area contributed by atoms with Crippen molar-refractivity contribution < 1.29 is 13.6 Å². The highest BCUT2D eigenvalue weighted by atomic mass is 79.9. The molecule has 0 bridgehead atoms. The van der Waals surface area contributed by atoms with Crippen molar-refractivity contribution in [3.8, 4) is 0 Å². The number of halogens is 3. The molecule has 0 atom stereocenters. The van der Waals surface area contributed by atoms with Crippen LogP contribution >= 0.6 is 15.9 Å². The maximum Gasteiger partial charge on any atom is 0.182 e. The van der Waals surface area contributed by atoms with E-state index in [4.69, 9.17) is 0 Å². The first-order valence-electron chi connectivity index (χ1n) is 6.28. The number of fused-ring (bicyclic) bond motifs is 1. The zero-order valence-electron chi connectivity index (χ0n) is 10.8. The van der Waals surface area contributed by atoms with Gasteiger partial charge in [-0.2, -0.15) is 0 Å². The summed E-state index contributed by atoms with van der Waals surface area (Å²) in [6.07, 6.45) is 1.81. The molecule has 0 fully saturated rings. The second-order valence-electron chi connectivity index (χ2n) is 4.67. The molecule has 21 heavy (non-hydrogen) atoms. The molecule has 0 saturated carbocycles. The lowest BCUT2D eigenvalue weighted by Gasteiger charge is -2.05. The van der Waals surface area contributed by atoms with Crippen LogP contribution in [0.25, 0.3) is 10.9 Å². The molecule has 0 N–H and O–H groups in total. The smallest absolute Gasteiger partial charge is 0.182 e. The molecule has 0 unspecified atom stereocenters. The number of benzene rings is 2. The van der Waals surface area contributed by atoms with E-state index >= 15 is 0 Å². The summed E-state index contributed by atoms with van der Waals surface area (Å²) < 4.78 is 28.8. The summed E-state index contributed by atoms with van der Waals surface area (Å²) in [6, 6.07) is 10.8. The Hall–Kier alpha value is -2.01. The molecule has 0 saturated heterocycles. The van der Waals surface area contributed by atoms with Crippen LogP contribution in [0.2, 0.25) is 0 Å². The van der Waals surface area contributed by atoms with Crippen molar-refractivity contribution >= 4 is 32.6 Å². The zero-order chi connectivity index (χ0) is 15.0. The number of ketones is 1. The van der Waals surface area contributed by atoms with E-state index in [0.29, 0.717) is 0 Å². The van der Waals surface area contributed by atoms with Crippen molar-refractivity contribution in [2.75, 3.05) is 0 Å². The minimum absolute atomic E-state index is 0.0667. The van der Waals surface area contributed by atoms with Gasteiger partial charge in [0.2, 0.25) is 0 Å². The van der Waals surface area contributed by atoms with Gasteiger partial charge in [-0.25, -0.2) is 8.78 Å². The predicted molar refractivity (Wildman–Crippen MR) is 80.3 cm³/mol. The first kappa shape index (κ1) is 13.9. The second-order valence-corrected chi connectivity index (χ2v) is 5.53. The highest BCUT2D eigenvalue weighted by molar-refractivity contribution is 9.10. The fourth-order valence-electron chi connectivity index (χ4n) is 2.25. The van der Waals surface area contributed by atoms with Crippen LogP contribution in [0.3, 0.4) is 0 Å². The molecule has 3 rings (SSSR count). The van der Waals surface area contributed by atoms with E-state index < -0.39 is 11.6 Å². The lowest BCUT2D eigenvalue weighted by Crippen LogP contribution is -2.10. The summed E-state index contributed by atoms with van der Waals surface area (Å²) in [4.78, 5) is 12.2. The summed E-state index contributed by atoms with van der Waals surface area (Å²) >= 11 is 3.44. The molecule has 0 aliphatic carbocycles. The molecule has 0 aliphatic heterocycles. The number of hydrogen-bond acceptors (Lipinski definition) is 1. The SMILES string of the molecule is O=C(Cn1cc(Br)c2ccccc21)c1ccc(F)c(F)c1. The Morgan fingerprint density at radius 1 is 1.10 bits per heavy atom. The molecule has 2 aromatic carbocycles. The first-order chi connectivity index (χ1) is 10.1. The third-order valence-electron chi connectivity index (χ3n) is 3.30. The molecule has 0 amide bonds. The van der Waals surface area contributed by atoms with Crippen LogP contribution in [0.1, 0.15) is 10.4 Å². The van der Waals surface area contributed by atoms with Crippen LogP contribution in [0.5, 0.6) is 0 Å². The number of hydrogen-bond donors (Lipinski definition) is 0. The molecular formula is C16H10BrF2NO. The van der Waals surface area contributed by atoms with Crippen LogP contribution in [0.4, 0.5) is 8.78 Å². The fourth-order valence-corrected chi connectivity index (χ4v) is 2.83. The first-order valence-corrected chi connectivity index (χ1v) is 7.07. The maximum absolute atomic E-state index is 13.2. The van der Waals surface area contributed by atoms with Gasteiger partial charge >= 0.3 is 0 Å². The van der Waals surface area contributed by atoms with Gasteiger partial charge < -0.3 is 4.57 Å². The number of carbonyl (C=O) groups is 1. The average molecular weight is 350 g/mol. The Labute approximate surface area is 128 Å². The molecule has 2 nitrogen and oxygen atoms in total. The molecular weight excluding hydrogens is 340 g/mol. The molecule has 3 aromatic rings. The molecule has 1 aromatic heterocycles. The highest BCUT2D eigenvalue weighted by Gasteiger charge is 2.13. The molecule has 106 valence electrons. The van der Waals surface area contributed by atoms with Crippen molar-refractivity contribution in [1.29, 1.82) is 0 Å². The van der Waals surface area contributed by atoms with Crippen LogP contribution in [-0.2, 0) is 6.54 Å². The van der Waals surface area contributed by atoms with Gasteiger partial charge in [0.05, 0.1) is 6.54 Å². The predicted octanol–water partition coefficient (Wildman–Crippen LogP) is 4.56. The quantitative estimate of drug-likeness (QED) is 0.635. The summed E-state index contributed by atoms with van der Waals surface area (Å²) in [5.41, 5.74) is 1.06. The standard InChI is InChI=1S/C16H10BrF2NO/c17-12-8-20(15-4-2-1-3-11(12)15)9-16(21)10-5-6-13(18)14(19)7-10/h1-8H,9H2. The summed E-state index contributed by atoms with van der Waals surface area (Å²) in [6.45, 7) is 0.0667.